The molecule has 1 aliphatic rings. The minimum Gasteiger partial charge on any atom is -0.494 e. The molecule has 0 bridgehead atoms. The molecule has 7 heteroatoms. The van der Waals surface area contributed by atoms with Crippen molar-refractivity contribution in [3.05, 3.63) is 94.1 Å². The maximum absolute atomic E-state index is 13.4. The van der Waals surface area contributed by atoms with Crippen LogP contribution in [-0.2, 0) is 16.1 Å². The van der Waals surface area contributed by atoms with Gasteiger partial charge < -0.3 is 4.74 Å². The van der Waals surface area contributed by atoms with Gasteiger partial charge in [0.15, 0.2) is 0 Å². The molecule has 0 radical (unpaired) electrons. The number of amides is 2. The summed E-state index contributed by atoms with van der Waals surface area (Å²) in [6, 6.07) is 18.0. The largest absolute Gasteiger partial charge is 0.494 e. The van der Waals surface area contributed by atoms with Crippen molar-refractivity contribution in [2.75, 3.05) is 6.61 Å². The van der Waals surface area contributed by atoms with E-state index in [4.69, 9.17) is 16.3 Å². The normalized spacial score (nSPS) is 13.8. The summed E-state index contributed by atoms with van der Waals surface area (Å²) in [5.74, 6) is 0.0808. The Balaban J connectivity index is 1.71. The van der Waals surface area contributed by atoms with E-state index >= 15 is 0 Å². The van der Waals surface area contributed by atoms with Crippen LogP contribution < -0.4 is 4.74 Å². The first-order valence-electron chi connectivity index (χ1n) is 9.73. The molecule has 0 fully saturated rings. The minimum atomic E-state index is -0.317. The minimum absolute atomic E-state index is 0.186. The van der Waals surface area contributed by atoms with Crippen molar-refractivity contribution in [3.8, 4) is 5.75 Å². The highest BCUT2D eigenvalue weighted by Crippen LogP contribution is 2.40. The zero-order chi connectivity index (χ0) is 21.8. The number of ether oxygens (including phenoxy) is 1. The molecule has 1 aromatic heterocycles. The van der Waals surface area contributed by atoms with Crippen molar-refractivity contribution in [2.24, 2.45) is 0 Å². The predicted octanol–water partition coefficient (Wildman–Crippen LogP) is 5.21. The van der Waals surface area contributed by atoms with E-state index in [0.29, 0.717) is 33.4 Å². The number of rotatable bonds is 7. The first kappa shape index (κ1) is 21.2. The van der Waals surface area contributed by atoms with Gasteiger partial charge in [-0.2, -0.15) is 0 Å². The monoisotopic (exact) mass is 450 g/mol. The summed E-state index contributed by atoms with van der Waals surface area (Å²) >= 11 is 7.26. The Labute approximate surface area is 189 Å². The summed E-state index contributed by atoms with van der Waals surface area (Å²) in [5, 5.41) is 0.609. The van der Waals surface area contributed by atoms with Crippen LogP contribution in [0.3, 0.4) is 0 Å². The lowest BCUT2D eigenvalue weighted by molar-refractivity contribution is -0.137. The summed E-state index contributed by atoms with van der Waals surface area (Å²) < 4.78 is 5.50. The number of carbonyl (C=O) groups is 2. The van der Waals surface area contributed by atoms with Crippen LogP contribution in [0.4, 0.5) is 0 Å². The average Bonchev–Trinajstić information content (AvgIpc) is 3.01. The molecule has 4 rings (SSSR count). The molecule has 0 atom stereocenters. The Bertz CT molecular complexity index is 1130. The van der Waals surface area contributed by atoms with Crippen LogP contribution in [0.15, 0.2) is 82.9 Å². The molecule has 0 N–H and O–H groups in total. The van der Waals surface area contributed by atoms with Crippen molar-refractivity contribution in [3.63, 3.8) is 0 Å². The summed E-state index contributed by atoms with van der Waals surface area (Å²) in [4.78, 5) is 33.2. The number of imide groups is 1. The van der Waals surface area contributed by atoms with Gasteiger partial charge in [0.1, 0.15) is 5.75 Å². The van der Waals surface area contributed by atoms with Crippen molar-refractivity contribution >= 4 is 40.8 Å². The second-order valence-corrected chi connectivity index (χ2v) is 8.29. The zero-order valence-corrected chi connectivity index (χ0v) is 18.3. The standard InChI is InChI=1S/C24H19ClN2O3S/c1-2-30-19-7-3-17(4-8-19)21-22(31-20-9-5-18(25)6-10-20)24(29)27(23(21)28)15-16-11-13-26-14-12-16/h3-14H,2,15H2,1H3. The Hall–Kier alpha value is -3.09. The lowest BCUT2D eigenvalue weighted by Crippen LogP contribution is -2.30. The molecule has 0 spiro atoms. The van der Waals surface area contributed by atoms with Gasteiger partial charge in [-0.1, -0.05) is 35.5 Å². The summed E-state index contributed by atoms with van der Waals surface area (Å²) in [6.07, 6.45) is 3.29. The maximum atomic E-state index is 13.4. The maximum Gasteiger partial charge on any atom is 0.268 e. The smallest absolute Gasteiger partial charge is 0.268 e. The highest BCUT2D eigenvalue weighted by Gasteiger charge is 2.39. The SMILES string of the molecule is CCOc1ccc(C2=C(Sc3ccc(Cl)cc3)C(=O)N(Cc3ccncc3)C2=O)cc1. The van der Waals surface area contributed by atoms with Crippen molar-refractivity contribution in [1.29, 1.82) is 0 Å². The van der Waals surface area contributed by atoms with E-state index in [1.807, 2.05) is 31.2 Å². The molecule has 0 unspecified atom stereocenters. The number of aromatic nitrogens is 1. The summed E-state index contributed by atoms with van der Waals surface area (Å²) in [7, 11) is 0. The van der Waals surface area contributed by atoms with Gasteiger partial charge in [-0.25, -0.2) is 0 Å². The van der Waals surface area contributed by atoms with Crippen molar-refractivity contribution in [2.45, 2.75) is 18.4 Å². The van der Waals surface area contributed by atoms with Crippen LogP contribution in [0, 0.1) is 0 Å². The fourth-order valence-corrected chi connectivity index (χ4v) is 4.36. The quantitative estimate of drug-likeness (QED) is 0.462. The van der Waals surface area contributed by atoms with E-state index in [2.05, 4.69) is 4.98 Å². The molecular weight excluding hydrogens is 432 g/mol. The van der Waals surface area contributed by atoms with Gasteiger partial charge in [0.2, 0.25) is 0 Å². The topological polar surface area (TPSA) is 59.5 Å². The highest BCUT2D eigenvalue weighted by atomic mass is 35.5. The van der Waals surface area contributed by atoms with Gasteiger partial charge in [0.05, 0.1) is 23.6 Å². The molecule has 0 saturated heterocycles. The van der Waals surface area contributed by atoms with Crippen molar-refractivity contribution < 1.29 is 14.3 Å². The van der Waals surface area contributed by atoms with Gasteiger partial charge in [-0.05, 0) is 66.6 Å². The van der Waals surface area contributed by atoms with Crippen LogP contribution in [0.1, 0.15) is 18.1 Å². The van der Waals surface area contributed by atoms with Gasteiger partial charge in [0.25, 0.3) is 11.8 Å². The van der Waals surface area contributed by atoms with E-state index in [9.17, 15) is 9.59 Å². The third kappa shape index (κ3) is 4.65. The Morgan fingerprint density at radius 2 is 1.61 bits per heavy atom. The van der Waals surface area contributed by atoms with E-state index in [1.54, 1.807) is 48.8 Å². The molecule has 2 heterocycles. The Kier molecular flexibility index (Phi) is 6.39. The third-order valence-corrected chi connectivity index (χ3v) is 6.05. The van der Waals surface area contributed by atoms with Crippen LogP contribution in [0.25, 0.3) is 5.57 Å². The predicted molar refractivity (Wildman–Crippen MR) is 122 cm³/mol. The number of hydrogen-bond acceptors (Lipinski definition) is 5. The molecule has 5 nitrogen and oxygen atoms in total. The molecule has 1 aliphatic heterocycles. The molecule has 0 saturated carbocycles. The highest BCUT2D eigenvalue weighted by molar-refractivity contribution is 8.04. The lowest BCUT2D eigenvalue weighted by atomic mass is 10.1. The Morgan fingerprint density at radius 3 is 2.26 bits per heavy atom. The number of thioether (sulfide) groups is 1. The van der Waals surface area contributed by atoms with E-state index < -0.39 is 0 Å². The Morgan fingerprint density at radius 1 is 0.935 bits per heavy atom. The van der Waals surface area contributed by atoms with Crippen LogP contribution in [-0.4, -0.2) is 28.3 Å². The molecule has 2 amide bonds. The molecule has 3 aromatic rings. The third-order valence-electron chi connectivity index (χ3n) is 4.70. The summed E-state index contributed by atoms with van der Waals surface area (Å²) in [6.45, 7) is 2.65. The second kappa shape index (κ2) is 9.37. The van der Waals surface area contributed by atoms with Crippen molar-refractivity contribution in [1.82, 2.24) is 9.88 Å². The zero-order valence-electron chi connectivity index (χ0n) is 16.7. The molecule has 156 valence electrons. The van der Waals surface area contributed by atoms with Crippen LogP contribution in [0.2, 0.25) is 5.02 Å². The lowest BCUT2D eigenvalue weighted by Gasteiger charge is -2.15. The van der Waals surface area contributed by atoms with Crippen LogP contribution in [0.5, 0.6) is 5.75 Å². The molecular formula is C24H19ClN2O3S. The van der Waals surface area contributed by atoms with Gasteiger partial charge in [0, 0.05) is 22.3 Å². The molecule has 2 aromatic carbocycles. The van der Waals surface area contributed by atoms with E-state index in [1.165, 1.54) is 16.7 Å². The summed E-state index contributed by atoms with van der Waals surface area (Å²) in [5.41, 5.74) is 1.90. The fraction of sp³-hybridized carbons (Fsp3) is 0.125. The van der Waals surface area contributed by atoms with Gasteiger partial charge in [-0.3, -0.25) is 19.5 Å². The number of carbonyl (C=O) groups excluding carboxylic acids is 2. The number of halogens is 1. The number of hydrogen-bond donors (Lipinski definition) is 0. The number of benzene rings is 2. The van der Waals surface area contributed by atoms with Gasteiger partial charge in [-0.15, -0.1) is 0 Å². The number of pyridine rings is 1. The first-order chi connectivity index (χ1) is 15.1. The van der Waals surface area contributed by atoms with E-state index in [0.717, 1.165) is 10.5 Å². The average molecular weight is 451 g/mol. The van der Waals surface area contributed by atoms with E-state index in [-0.39, 0.29) is 18.4 Å². The number of nitrogens with zero attached hydrogens (tertiary/aromatic N) is 2. The van der Waals surface area contributed by atoms with Crippen LogP contribution >= 0.6 is 23.4 Å². The fourth-order valence-electron chi connectivity index (χ4n) is 3.22. The first-order valence-corrected chi connectivity index (χ1v) is 10.9. The molecule has 0 aliphatic carbocycles. The molecule has 31 heavy (non-hydrogen) atoms. The second-order valence-electron chi connectivity index (χ2n) is 6.77. The van der Waals surface area contributed by atoms with Gasteiger partial charge >= 0.3 is 0 Å².